The summed E-state index contributed by atoms with van der Waals surface area (Å²) in [6.45, 7) is 1.07. The van der Waals surface area contributed by atoms with E-state index in [-0.39, 0.29) is 11.9 Å². The Balaban J connectivity index is 1.66. The molecule has 1 saturated heterocycles. The second kappa shape index (κ2) is 6.84. The van der Waals surface area contributed by atoms with Crippen LogP contribution in [-0.4, -0.2) is 42.5 Å². The summed E-state index contributed by atoms with van der Waals surface area (Å²) in [5, 5.41) is 11.7. The lowest BCUT2D eigenvalue weighted by Gasteiger charge is -2.32. The molecule has 1 aliphatic heterocycles. The molecule has 128 valence electrons. The zero-order valence-electron chi connectivity index (χ0n) is 13.7. The molecule has 0 spiro atoms. The van der Waals surface area contributed by atoms with Gasteiger partial charge in [0, 0.05) is 19.2 Å². The van der Waals surface area contributed by atoms with Gasteiger partial charge >= 0.3 is 0 Å². The molecule has 3 aromatic rings. The van der Waals surface area contributed by atoms with Crippen molar-refractivity contribution in [2.75, 3.05) is 6.54 Å². The van der Waals surface area contributed by atoms with E-state index in [0.29, 0.717) is 31.2 Å². The number of piperidine rings is 1. The summed E-state index contributed by atoms with van der Waals surface area (Å²) in [7, 11) is 0. The number of hydrogen-bond donors (Lipinski definition) is 0. The minimum absolute atomic E-state index is 0.121. The van der Waals surface area contributed by atoms with Crippen molar-refractivity contribution in [2.24, 2.45) is 0 Å². The highest BCUT2D eigenvalue weighted by Crippen LogP contribution is 2.30. The van der Waals surface area contributed by atoms with Gasteiger partial charge in [-0.05, 0) is 18.4 Å². The maximum atomic E-state index is 12.5. The predicted octanol–water partition coefficient (Wildman–Crippen LogP) is 1.81. The molecule has 1 aliphatic rings. The summed E-state index contributed by atoms with van der Waals surface area (Å²) in [5.74, 6) is 1.05. The fourth-order valence-corrected chi connectivity index (χ4v) is 3.10. The zero-order chi connectivity index (χ0) is 17.1. The molecule has 0 saturated carbocycles. The van der Waals surface area contributed by atoms with Crippen LogP contribution in [0.3, 0.4) is 0 Å². The number of carbonyl (C=O) groups is 1. The molecule has 2 aromatic heterocycles. The minimum atomic E-state index is -0.356. The molecule has 4 rings (SSSR count). The zero-order valence-corrected chi connectivity index (χ0v) is 13.7. The topological polar surface area (TPSA) is 89.9 Å². The Kier molecular flexibility index (Phi) is 4.24. The van der Waals surface area contributed by atoms with Crippen LogP contribution in [0, 0.1) is 0 Å². The summed E-state index contributed by atoms with van der Waals surface area (Å²) in [5.41, 5.74) is 0.966. The van der Waals surface area contributed by atoms with Crippen LogP contribution in [0.4, 0.5) is 0 Å². The maximum Gasteiger partial charge on any atom is 0.254 e. The van der Waals surface area contributed by atoms with E-state index in [4.69, 9.17) is 4.52 Å². The molecule has 0 N–H and O–H groups in total. The Labute approximate surface area is 144 Å². The molecule has 1 fully saturated rings. The molecular weight excluding hydrogens is 320 g/mol. The number of amides is 1. The second-order valence-corrected chi connectivity index (χ2v) is 6.01. The first-order valence-electron chi connectivity index (χ1n) is 8.32. The van der Waals surface area contributed by atoms with E-state index < -0.39 is 0 Å². The van der Waals surface area contributed by atoms with Gasteiger partial charge in [0.15, 0.2) is 5.82 Å². The predicted molar refractivity (Wildman–Crippen MR) is 87.3 cm³/mol. The number of hydrogen-bond acceptors (Lipinski definition) is 6. The lowest BCUT2D eigenvalue weighted by molar-refractivity contribution is -0.135. The summed E-state index contributed by atoms with van der Waals surface area (Å²) in [6.07, 6.45) is 5.80. The van der Waals surface area contributed by atoms with Crippen molar-refractivity contribution in [2.45, 2.75) is 31.8 Å². The van der Waals surface area contributed by atoms with Crippen LogP contribution >= 0.6 is 0 Å². The van der Waals surface area contributed by atoms with Crippen molar-refractivity contribution in [1.29, 1.82) is 0 Å². The number of carbonyl (C=O) groups excluding carboxylic acids is 1. The van der Waals surface area contributed by atoms with Gasteiger partial charge in [0.1, 0.15) is 12.6 Å². The molecule has 1 aromatic carbocycles. The molecule has 3 heterocycles. The fourth-order valence-electron chi connectivity index (χ4n) is 3.10. The molecule has 8 heteroatoms. The van der Waals surface area contributed by atoms with E-state index in [1.54, 1.807) is 17.1 Å². The average Bonchev–Trinajstić information content (AvgIpc) is 3.31. The fraction of sp³-hybridized carbons (Fsp3) is 0.353. The number of aromatic nitrogens is 5. The van der Waals surface area contributed by atoms with Crippen LogP contribution in [0.2, 0.25) is 0 Å². The Hall–Kier alpha value is -3.03. The van der Waals surface area contributed by atoms with Gasteiger partial charge in [-0.3, -0.25) is 4.79 Å². The molecule has 1 unspecified atom stereocenters. The van der Waals surface area contributed by atoms with E-state index in [2.05, 4.69) is 20.5 Å². The third-order valence-electron chi connectivity index (χ3n) is 4.28. The van der Waals surface area contributed by atoms with E-state index in [0.717, 1.165) is 18.4 Å². The molecule has 0 aliphatic carbocycles. The monoisotopic (exact) mass is 338 g/mol. The van der Waals surface area contributed by atoms with Gasteiger partial charge in [-0.1, -0.05) is 40.7 Å². The summed E-state index contributed by atoms with van der Waals surface area (Å²) in [4.78, 5) is 18.8. The van der Waals surface area contributed by atoms with Crippen LogP contribution in [0.25, 0.3) is 0 Å². The molecule has 25 heavy (non-hydrogen) atoms. The molecule has 8 nitrogen and oxygen atoms in total. The van der Waals surface area contributed by atoms with Crippen molar-refractivity contribution < 1.29 is 9.32 Å². The van der Waals surface area contributed by atoms with E-state index in [9.17, 15) is 4.79 Å². The SMILES string of the molecule is O=C1CCCCN1C(c1ccccc1)c1nc(Cn2ccnn2)no1. The largest absolute Gasteiger partial charge is 0.337 e. The number of nitrogens with zero attached hydrogens (tertiary/aromatic N) is 6. The Morgan fingerprint density at radius 3 is 2.84 bits per heavy atom. The van der Waals surface area contributed by atoms with Crippen molar-refractivity contribution in [3.8, 4) is 0 Å². The molecular formula is C17H18N6O2. The normalized spacial score (nSPS) is 16.2. The van der Waals surface area contributed by atoms with Crippen molar-refractivity contribution >= 4 is 5.91 Å². The van der Waals surface area contributed by atoms with Gasteiger partial charge in [0.2, 0.25) is 5.91 Å². The van der Waals surface area contributed by atoms with Gasteiger partial charge in [0.05, 0.1) is 6.20 Å². The maximum absolute atomic E-state index is 12.5. The van der Waals surface area contributed by atoms with Gasteiger partial charge in [0.25, 0.3) is 5.89 Å². The van der Waals surface area contributed by atoms with Gasteiger partial charge in [-0.25, -0.2) is 4.68 Å². The summed E-state index contributed by atoms with van der Waals surface area (Å²) in [6, 6.07) is 9.45. The molecule has 0 radical (unpaired) electrons. The molecule has 1 amide bonds. The highest BCUT2D eigenvalue weighted by molar-refractivity contribution is 5.77. The minimum Gasteiger partial charge on any atom is -0.337 e. The third kappa shape index (κ3) is 3.28. The first-order valence-corrected chi connectivity index (χ1v) is 8.32. The van der Waals surface area contributed by atoms with Crippen LogP contribution in [0.5, 0.6) is 0 Å². The van der Waals surface area contributed by atoms with E-state index in [1.165, 1.54) is 0 Å². The standard InChI is InChI=1S/C17H18N6O2/c24-15-8-4-5-10-23(15)16(13-6-2-1-3-7-13)17-19-14(20-25-17)12-22-11-9-18-21-22/h1-3,6-7,9,11,16H,4-5,8,10,12H2. The van der Waals surface area contributed by atoms with E-state index in [1.807, 2.05) is 35.2 Å². The molecule has 0 bridgehead atoms. The summed E-state index contributed by atoms with van der Waals surface area (Å²) >= 11 is 0. The first kappa shape index (κ1) is 15.5. The van der Waals surface area contributed by atoms with Crippen molar-refractivity contribution in [3.63, 3.8) is 0 Å². The number of rotatable bonds is 5. The highest BCUT2D eigenvalue weighted by atomic mass is 16.5. The van der Waals surface area contributed by atoms with Crippen LogP contribution in [0.15, 0.2) is 47.2 Å². The van der Waals surface area contributed by atoms with Crippen molar-refractivity contribution in [3.05, 3.63) is 60.0 Å². The average molecular weight is 338 g/mol. The van der Waals surface area contributed by atoms with Crippen LogP contribution in [0.1, 0.15) is 42.6 Å². The van der Waals surface area contributed by atoms with E-state index >= 15 is 0 Å². The Bertz CT molecular complexity index is 830. The van der Waals surface area contributed by atoms with Gasteiger partial charge in [-0.15, -0.1) is 5.10 Å². The van der Waals surface area contributed by atoms with Crippen LogP contribution < -0.4 is 0 Å². The van der Waals surface area contributed by atoms with Gasteiger partial charge < -0.3 is 9.42 Å². The highest BCUT2D eigenvalue weighted by Gasteiger charge is 2.32. The number of benzene rings is 1. The lowest BCUT2D eigenvalue weighted by Crippen LogP contribution is -2.39. The molecule has 1 atom stereocenters. The lowest BCUT2D eigenvalue weighted by atomic mass is 10.0. The Morgan fingerprint density at radius 1 is 1.20 bits per heavy atom. The van der Waals surface area contributed by atoms with Gasteiger partial charge in [-0.2, -0.15) is 4.98 Å². The quantitative estimate of drug-likeness (QED) is 0.705. The van der Waals surface area contributed by atoms with Crippen LogP contribution in [-0.2, 0) is 11.3 Å². The number of likely N-dealkylation sites (tertiary alicyclic amines) is 1. The van der Waals surface area contributed by atoms with Crippen molar-refractivity contribution in [1.82, 2.24) is 30.0 Å². The summed E-state index contributed by atoms with van der Waals surface area (Å²) < 4.78 is 7.14. The second-order valence-electron chi connectivity index (χ2n) is 6.01. The first-order chi connectivity index (χ1) is 12.3. The smallest absolute Gasteiger partial charge is 0.254 e. The third-order valence-corrected chi connectivity index (χ3v) is 4.28. The Morgan fingerprint density at radius 2 is 2.08 bits per heavy atom.